The number of aromatic carboxylic acids is 1. The molecule has 6 heteroatoms. The number of nitrogens with zero attached hydrogens (tertiary/aromatic N) is 1. The van der Waals surface area contributed by atoms with Crippen LogP contribution in [0, 0.1) is 0 Å². The van der Waals surface area contributed by atoms with E-state index in [-0.39, 0.29) is 23.8 Å². The minimum atomic E-state index is -0.989. The fraction of sp³-hybridized carbons (Fsp3) is 0.318. The monoisotopic (exact) mass is 380 g/mol. The van der Waals surface area contributed by atoms with Crippen molar-refractivity contribution in [1.82, 2.24) is 0 Å². The molecule has 0 spiro atoms. The van der Waals surface area contributed by atoms with E-state index in [1.54, 1.807) is 24.3 Å². The highest BCUT2D eigenvalue weighted by Gasteiger charge is 2.23. The van der Waals surface area contributed by atoms with E-state index in [2.05, 4.69) is 5.32 Å². The lowest BCUT2D eigenvalue weighted by atomic mass is 10.00. The van der Waals surface area contributed by atoms with Crippen LogP contribution in [-0.4, -0.2) is 29.4 Å². The van der Waals surface area contributed by atoms with Crippen molar-refractivity contribution in [2.24, 2.45) is 0 Å². The van der Waals surface area contributed by atoms with Crippen molar-refractivity contribution < 1.29 is 19.5 Å². The summed E-state index contributed by atoms with van der Waals surface area (Å²) in [7, 11) is 0. The molecule has 3 rings (SSSR count). The summed E-state index contributed by atoms with van der Waals surface area (Å²) in [6.45, 7) is 2.74. The highest BCUT2D eigenvalue weighted by atomic mass is 16.4. The van der Waals surface area contributed by atoms with Gasteiger partial charge in [0.2, 0.25) is 11.8 Å². The van der Waals surface area contributed by atoms with E-state index in [4.69, 9.17) is 0 Å². The van der Waals surface area contributed by atoms with Crippen molar-refractivity contribution in [1.29, 1.82) is 0 Å². The van der Waals surface area contributed by atoms with Gasteiger partial charge in [0.1, 0.15) is 0 Å². The van der Waals surface area contributed by atoms with Gasteiger partial charge in [-0.05, 0) is 54.7 Å². The van der Waals surface area contributed by atoms with E-state index in [0.717, 1.165) is 17.7 Å². The zero-order valence-electron chi connectivity index (χ0n) is 15.9. The number of carbonyl (C=O) groups excluding carboxylic acids is 2. The van der Waals surface area contributed by atoms with Crippen LogP contribution in [0.5, 0.6) is 0 Å². The second-order valence-electron chi connectivity index (χ2n) is 6.90. The molecule has 0 saturated heterocycles. The molecule has 2 amide bonds. The van der Waals surface area contributed by atoms with Gasteiger partial charge < -0.3 is 15.3 Å². The standard InChI is InChI=1S/C22H24N2O4/c1-2-13-24-19-10-9-17(14-16(19)8-12-21(24)26)23-20(25)11-7-15-5-3-4-6-18(15)22(27)28/h3-6,9-10,14H,2,7-8,11-13H2,1H3,(H,23,25)(H,27,28). The predicted octanol–water partition coefficient (Wildman–Crippen LogP) is 3.65. The Morgan fingerprint density at radius 1 is 1.14 bits per heavy atom. The highest BCUT2D eigenvalue weighted by Crippen LogP contribution is 2.30. The number of hydrogen-bond acceptors (Lipinski definition) is 3. The molecule has 0 aliphatic carbocycles. The number of rotatable bonds is 7. The molecule has 0 unspecified atom stereocenters. The smallest absolute Gasteiger partial charge is 0.335 e. The van der Waals surface area contributed by atoms with Crippen LogP contribution in [0.25, 0.3) is 0 Å². The molecule has 1 aliphatic heterocycles. The number of carboxylic acid groups (broad SMARTS) is 1. The number of amides is 2. The van der Waals surface area contributed by atoms with Gasteiger partial charge >= 0.3 is 5.97 Å². The number of benzene rings is 2. The van der Waals surface area contributed by atoms with Gasteiger partial charge in [0, 0.05) is 30.8 Å². The summed E-state index contributed by atoms with van der Waals surface area (Å²) in [4.78, 5) is 37.5. The second-order valence-corrected chi connectivity index (χ2v) is 6.90. The molecule has 0 atom stereocenters. The van der Waals surface area contributed by atoms with E-state index in [9.17, 15) is 19.5 Å². The number of fused-ring (bicyclic) bond motifs is 1. The fourth-order valence-electron chi connectivity index (χ4n) is 3.53. The molecule has 0 saturated carbocycles. The Labute approximate surface area is 164 Å². The molecular formula is C22H24N2O4. The summed E-state index contributed by atoms with van der Waals surface area (Å²) in [6, 6.07) is 12.3. The van der Waals surface area contributed by atoms with Gasteiger partial charge in [0.05, 0.1) is 5.56 Å². The van der Waals surface area contributed by atoms with Crippen molar-refractivity contribution in [3.8, 4) is 0 Å². The minimum absolute atomic E-state index is 0.142. The van der Waals surface area contributed by atoms with Crippen LogP contribution in [0.15, 0.2) is 42.5 Å². The van der Waals surface area contributed by atoms with Crippen molar-refractivity contribution in [2.45, 2.75) is 39.0 Å². The Morgan fingerprint density at radius 3 is 2.68 bits per heavy atom. The van der Waals surface area contributed by atoms with E-state index < -0.39 is 5.97 Å². The van der Waals surface area contributed by atoms with Crippen molar-refractivity contribution in [2.75, 3.05) is 16.8 Å². The maximum absolute atomic E-state index is 12.3. The van der Waals surface area contributed by atoms with E-state index in [1.165, 1.54) is 0 Å². The Balaban J connectivity index is 1.65. The third kappa shape index (κ3) is 4.39. The Morgan fingerprint density at radius 2 is 1.93 bits per heavy atom. The number of aryl methyl sites for hydroxylation is 2. The third-order valence-corrected chi connectivity index (χ3v) is 4.88. The summed E-state index contributed by atoms with van der Waals surface area (Å²) in [5, 5.41) is 12.1. The summed E-state index contributed by atoms with van der Waals surface area (Å²) in [6.07, 6.45) is 2.60. The molecular weight excluding hydrogens is 356 g/mol. The lowest BCUT2D eigenvalue weighted by molar-refractivity contribution is -0.119. The number of anilines is 2. The van der Waals surface area contributed by atoms with E-state index in [0.29, 0.717) is 37.1 Å². The number of hydrogen-bond donors (Lipinski definition) is 2. The summed E-state index contributed by atoms with van der Waals surface area (Å²) in [5.41, 5.74) is 3.55. The predicted molar refractivity (Wildman–Crippen MR) is 108 cm³/mol. The van der Waals surface area contributed by atoms with Gasteiger partial charge in [-0.25, -0.2) is 4.79 Å². The second kappa shape index (κ2) is 8.69. The van der Waals surface area contributed by atoms with Crippen molar-refractivity contribution in [3.05, 3.63) is 59.2 Å². The first-order chi connectivity index (χ1) is 13.5. The first-order valence-electron chi connectivity index (χ1n) is 9.54. The van der Waals surface area contributed by atoms with E-state index in [1.807, 2.05) is 30.0 Å². The number of nitrogens with one attached hydrogen (secondary N) is 1. The maximum atomic E-state index is 12.3. The molecule has 6 nitrogen and oxygen atoms in total. The van der Waals surface area contributed by atoms with Crippen LogP contribution in [0.1, 0.15) is 47.7 Å². The summed E-state index contributed by atoms with van der Waals surface area (Å²) < 4.78 is 0. The highest BCUT2D eigenvalue weighted by molar-refractivity contribution is 5.97. The first-order valence-corrected chi connectivity index (χ1v) is 9.54. The molecule has 2 N–H and O–H groups in total. The van der Waals surface area contributed by atoms with Gasteiger partial charge in [-0.1, -0.05) is 25.1 Å². The quantitative estimate of drug-likeness (QED) is 0.768. The third-order valence-electron chi connectivity index (χ3n) is 4.88. The normalized spacial score (nSPS) is 13.2. The Kier molecular flexibility index (Phi) is 6.09. The molecule has 0 fully saturated rings. The average molecular weight is 380 g/mol. The molecule has 1 aliphatic rings. The lowest BCUT2D eigenvalue weighted by Crippen LogP contribution is -2.35. The molecule has 2 aromatic carbocycles. The number of carbonyl (C=O) groups is 3. The molecule has 0 bridgehead atoms. The maximum Gasteiger partial charge on any atom is 0.335 e. The van der Waals surface area contributed by atoms with Crippen molar-refractivity contribution >= 4 is 29.2 Å². The Hall–Kier alpha value is -3.15. The van der Waals surface area contributed by atoms with Gasteiger partial charge in [0.15, 0.2) is 0 Å². The van der Waals surface area contributed by atoms with Gasteiger partial charge in [0.25, 0.3) is 0 Å². The molecule has 146 valence electrons. The first kappa shape index (κ1) is 19.6. The van der Waals surface area contributed by atoms with Crippen LogP contribution in [0.4, 0.5) is 11.4 Å². The average Bonchev–Trinajstić information content (AvgIpc) is 2.69. The van der Waals surface area contributed by atoms with Crippen LogP contribution >= 0.6 is 0 Å². The molecule has 28 heavy (non-hydrogen) atoms. The van der Waals surface area contributed by atoms with Crippen LogP contribution < -0.4 is 10.2 Å². The fourth-order valence-corrected chi connectivity index (χ4v) is 3.53. The van der Waals surface area contributed by atoms with E-state index >= 15 is 0 Å². The Bertz CT molecular complexity index is 907. The summed E-state index contributed by atoms with van der Waals surface area (Å²) >= 11 is 0. The minimum Gasteiger partial charge on any atom is -0.478 e. The van der Waals surface area contributed by atoms with Crippen LogP contribution in [-0.2, 0) is 22.4 Å². The van der Waals surface area contributed by atoms with Gasteiger partial charge in [-0.3, -0.25) is 9.59 Å². The van der Waals surface area contributed by atoms with Gasteiger partial charge in [-0.2, -0.15) is 0 Å². The van der Waals surface area contributed by atoms with Crippen LogP contribution in [0.3, 0.4) is 0 Å². The van der Waals surface area contributed by atoms with Gasteiger partial charge in [-0.15, -0.1) is 0 Å². The van der Waals surface area contributed by atoms with Crippen molar-refractivity contribution in [3.63, 3.8) is 0 Å². The topological polar surface area (TPSA) is 86.7 Å². The molecule has 0 aromatic heterocycles. The number of carboxylic acids is 1. The largest absolute Gasteiger partial charge is 0.478 e. The molecule has 0 radical (unpaired) electrons. The zero-order valence-corrected chi connectivity index (χ0v) is 15.9. The lowest BCUT2D eigenvalue weighted by Gasteiger charge is -2.29. The van der Waals surface area contributed by atoms with Crippen LogP contribution in [0.2, 0.25) is 0 Å². The zero-order chi connectivity index (χ0) is 20.1. The molecule has 2 aromatic rings. The SMILES string of the molecule is CCCN1C(=O)CCc2cc(NC(=O)CCc3ccccc3C(=O)O)ccc21. The molecule has 1 heterocycles. The summed E-state index contributed by atoms with van der Waals surface area (Å²) in [5.74, 6) is -1.02.